The zero-order valence-corrected chi connectivity index (χ0v) is 16.6. The van der Waals surface area contributed by atoms with Gasteiger partial charge >= 0.3 is 41.9 Å². The van der Waals surface area contributed by atoms with Crippen molar-refractivity contribution in [3.63, 3.8) is 0 Å². The molecule has 200 valence electrons. The highest BCUT2D eigenvalue weighted by Gasteiger charge is 2.90. The summed E-state index contributed by atoms with van der Waals surface area (Å²) in [7, 11) is 0. The van der Waals surface area contributed by atoms with E-state index in [9.17, 15) is 66.7 Å². The van der Waals surface area contributed by atoms with Gasteiger partial charge in [-0.3, -0.25) is 4.79 Å². The van der Waals surface area contributed by atoms with Gasteiger partial charge in [-0.2, -0.15) is 57.1 Å². The number of alkyl halides is 13. The third-order valence-corrected chi connectivity index (χ3v) is 4.32. The molecule has 1 aromatic rings. The lowest BCUT2D eigenvalue weighted by Gasteiger charge is -2.39. The number of rotatable bonds is 10. The SMILES string of the molecule is O=C(O)NCc1cccc(NC(=O)CCC(F)(F)C(F)(F)C(F)(F)C(F)(F)C(F)(F)C(F)(F)F)c1. The lowest BCUT2D eigenvalue weighted by molar-refractivity contribution is -0.440. The zero-order chi connectivity index (χ0) is 27.7. The van der Waals surface area contributed by atoms with Gasteiger partial charge in [0.2, 0.25) is 5.91 Å². The highest BCUT2D eigenvalue weighted by Crippen LogP contribution is 2.60. The van der Waals surface area contributed by atoms with Crippen LogP contribution in [0, 0.1) is 0 Å². The van der Waals surface area contributed by atoms with Crippen LogP contribution in [0.2, 0.25) is 0 Å². The Morgan fingerprint density at radius 3 is 1.77 bits per heavy atom. The maximum Gasteiger partial charge on any atom is 0.460 e. The Balaban J connectivity index is 3.02. The molecule has 0 aliphatic carbocycles. The predicted molar refractivity (Wildman–Crippen MR) is 90.0 cm³/mol. The fourth-order valence-corrected chi connectivity index (χ4v) is 2.39. The zero-order valence-electron chi connectivity index (χ0n) is 16.6. The Morgan fingerprint density at radius 2 is 1.29 bits per heavy atom. The Kier molecular flexibility index (Phi) is 8.25. The van der Waals surface area contributed by atoms with Crippen molar-refractivity contribution in [2.45, 2.75) is 55.2 Å². The highest BCUT2D eigenvalue weighted by molar-refractivity contribution is 5.90. The molecule has 0 saturated carbocycles. The molecule has 0 aromatic heterocycles. The fraction of sp³-hybridized carbons (Fsp3) is 0.529. The molecule has 18 heteroatoms. The summed E-state index contributed by atoms with van der Waals surface area (Å²) in [5.74, 6) is -39.1. The van der Waals surface area contributed by atoms with Crippen LogP contribution in [0.4, 0.5) is 67.6 Å². The van der Waals surface area contributed by atoms with E-state index < -0.39 is 60.6 Å². The first-order chi connectivity index (χ1) is 15.5. The third kappa shape index (κ3) is 5.83. The number of carboxylic acid groups (broad SMARTS) is 1. The number of halogens is 13. The maximum atomic E-state index is 13.7. The monoisotopic (exact) mass is 540 g/mol. The Morgan fingerprint density at radius 1 is 0.771 bits per heavy atom. The van der Waals surface area contributed by atoms with Gasteiger partial charge < -0.3 is 15.7 Å². The third-order valence-electron chi connectivity index (χ3n) is 4.32. The first-order valence-electron chi connectivity index (χ1n) is 8.82. The van der Waals surface area contributed by atoms with Crippen LogP contribution in [0.15, 0.2) is 24.3 Å². The predicted octanol–water partition coefficient (Wildman–Crippen LogP) is 5.91. The Labute approximate surface area is 186 Å². The molecule has 0 aliphatic rings. The maximum absolute atomic E-state index is 13.7. The topological polar surface area (TPSA) is 78.4 Å². The van der Waals surface area contributed by atoms with Crippen LogP contribution < -0.4 is 10.6 Å². The molecule has 0 unspecified atom stereocenters. The largest absolute Gasteiger partial charge is 0.465 e. The summed E-state index contributed by atoms with van der Waals surface area (Å²) < 4.78 is 170. The normalized spacial score (nSPS) is 14.0. The van der Waals surface area contributed by atoms with Crippen LogP contribution in [0.1, 0.15) is 18.4 Å². The average Bonchev–Trinajstić information content (AvgIpc) is 2.69. The summed E-state index contributed by atoms with van der Waals surface area (Å²) in [6, 6.07) is 4.68. The Hall–Kier alpha value is -2.95. The number of amides is 2. The molecule has 0 saturated heterocycles. The van der Waals surface area contributed by atoms with E-state index in [1.165, 1.54) is 12.1 Å². The van der Waals surface area contributed by atoms with Crippen LogP contribution in [-0.2, 0) is 11.3 Å². The van der Waals surface area contributed by atoms with Crippen LogP contribution in [0.5, 0.6) is 0 Å². The van der Waals surface area contributed by atoms with Crippen molar-refractivity contribution in [1.29, 1.82) is 0 Å². The summed E-state index contributed by atoms with van der Waals surface area (Å²) in [5.41, 5.74) is -0.0500. The van der Waals surface area contributed by atoms with Crippen LogP contribution in [0.3, 0.4) is 0 Å². The number of carbonyl (C=O) groups excluding carboxylic acids is 1. The molecular formula is C17H13F13N2O3. The molecule has 0 bridgehead atoms. The van der Waals surface area contributed by atoms with Crippen LogP contribution in [0.25, 0.3) is 0 Å². The first kappa shape index (κ1) is 30.1. The molecule has 0 spiro atoms. The van der Waals surface area contributed by atoms with E-state index in [-0.39, 0.29) is 17.8 Å². The molecular weight excluding hydrogens is 527 g/mol. The minimum atomic E-state index is -8.00. The summed E-state index contributed by atoms with van der Waals surface area (Å²) in [6.45, 7) is -0.310. The van der Waals surface area contributed by atoms with E-state index in [0.29, 0.717) is 0 Å². The minimum Gasteiger partial charge on any atom is -0.465 e. The van der Waals surface area contributed by atoms with Crippen molar-refractivity contribution in [2.24, 2.45) is 0 Å². The van der Waals surface area contributed by atoms with Gasteiger partial charge in [0.15, 0.2) is 0 Å². The molecule has 0 aliphatic heterocycles. The second kappa shape index (κ2) is 9.60. The molecule has 3 N–H and O–H groups in total. The van der Waals surface area contributed by atoms with Gasteiger partial charge in [-0.25, -0.2) is 4.79 Å². The molecule has 5 nitrogen and oxygen atoms in total. The summed E-state index contributed by atoms with van der Waals surface area (Å²) in [5, 5.41) is 12.2. The van der Waals surface area contributed by atoms with Gasteiger partial charge in [0.05, 0.1) is 0 Å². The van der Waals surface area contributed by atoms with Gasteiger partial charge in [-0.15, -0.1) is 0 Å². The molecule has 1 rings (SSSR count). The van der Waals surface area contributed by atoms with Crippen molar-refractivity contribution < 1.29 is 71.8 Å². The number of benzene rings is 1. The molecule has 0 heterocycles. The van der Waals surface area contributed by atoms with E-state index in [1.807, 2.05) is 10.6 Å². The highest BCUT2D eigenvalue weighted by atomic mass is 19.4. The number of anilines is 1. The smallest absolute Gasteiger partial charge is 0.460 e. The molecule has 0 fully saturated rings. The summed E-state index contributed by atoms with van der Waals surface area (Å²) >= 11 is 0. The number of hydrogen-bond acceptors (Lipinski definition) is 2. The van der Waals surface area contributed by atoms with Crippen molar-refractivity contribution in [1.82, 2.24) is 5.32 Å². The molecule has 0 radical (unpaired) electrons. The van der Waals surface area contributed by atoms with E-state index in [2.05, 4.69) is 0 Å². The van der Waals surface area contributed by atoms with E-state index >= 15 is 0 Å². The van der Waals surface area contributed by atoms with E-state index in [4.69, 9.17) is 5.11 Å². The van der Waals surface area contributed by atoms with Gasteiger partial charge in [0.1, 0.15) is 0 Å². The Bertz CT molecular complexity index is 932. The number of carbonyl (C=O) groups is 2. The average molecular weight is 540 g/mol. The van der Waals surface area contributed by atoms with Crippen LogP contribution in [-0.4, -0.2) is 52.9 Å². The van der Waals surface area contributed by atoms with Crippen molar-refractivity contribution >= 4 is 17.7 Å². The van der Waals surface area contributed by atoms with Gasteiger partial charge in [0, 0.05) is 25.1 Å². The molecule has 35 heavy (non-hydrogen) atoms. The standard InChI is InChI=1S/C17H13F13N2O3/c18-12(19,13(20,21)14(22,23)15(24,25)16(26,27)17(28,29)30)5-4-10(33)32-9-3-1-2-8(6-9)7-31-11(34)35/h1-3,6,31H,4-5,7H2,(H,32,33)(H,34,35). The lowest BCUT2D eigenvalue weighted by Crippen LogP contribution is -2.70. The molecule has 1 aromatic carbocycles. The van der Waals surface area contributed by atoms with Gasteiger partial charge in [-0.1, -0.05) is 12.1 Å². The molecule has 2 amide bonds. The van der Waals surface area contributed by atoms with E-state index in [0.717, 1.165) is 12.1 Å². The summed E-state index contributed by atoms with van der Waals surface area (Å²) in [4.78, 5) is 22.1. The lowest BCUT2D eigenvalue weighted by atomic mass is 9.92. The van der Waals surface area contributed by atoms with Crippen LogP contribution >= 0.6 is 0 Å². The van der Waals surface area contributed by atoms with Crippen molar-refractivity contribution in [3.05, 3.63) is 29.8 Å². The van der Waals surface area contributed by atoms with Crippen molar-refractivity contribution in [2.75, 3.05) is 5.32 Å². The van der Waals surface area contributed by atoms with E-state index in [1.54, 1.807) is 0 Å². The quantitative estimate of drug-likeness (QED) is 0.323. The summed E-state index contributed by atoms with van der Waals surface area (Å²) in [6.07, 6.45) is -13.4. The number of nitrogens with one attached hydrogen (secondary N) is 2. The van der Waals surface area contributed by atoms with Gasteiger partial charge in [-0.05, 0) is 17.7 Å². The first-order valence-corrected chi connectivity index (χ1v) is 8.82. The second-order valence-corrected chi connectivity index (χ2v) is 6.91. The second-order valence-electron chi connectivity index (χ2n) is 6.91. The van der Waals surface area contributed by atoms with Crippen molar-refractivity contribution in [3.8, 4) is 0 Å². The van der Waals surface area contributed by atoms with Gasteiger partial charge in [0.25, 0.3) is 0 Å². The number of hydrogen-bond donors (Lipinski definition) is 3. The fourth-order valence-electron chi connectivity index (χ4n) is 2.39. The minimum absolute atomic E-state index is 0.189. The molecule has 0 atom stereocenters.